The molecule has 1 aliphatic heterocycles. The number of ether oxygens (including phenoxy) is 1. The third-order valence-corrected chi connectivity index (χ3v) is 3.21. The average Bonchev–Trinajstić information content (AvgIpc) is 2.35. The lowest BCUT2D eigenvalue weighted by Gasteiger charge is -2.37. The predicted molar refractivity (Wildman–Crippen MR) is 61.9 cm³/mol. The highest BCUT2D eigenvalue weighted by atomic mass is 16.5. The van der Waals surface area contributed by atoms with Gasteiger partial charge in [-0.25, -0.2) is 9.59 Å². The number of carboxylic acid groups (broad SMARTS) is 1. The van der Waals surface area contributed by atoms with E-state index in [2.05, 4.69) is 0 Å². The van der Waals surface area contributed by atoms with Gasteiger partial charge in [-0.05, 0) is 13.3 Å². The fraction of sp³-hybridized carbons (Fsp3) is 0.818. The van der Waals surface area contributed by atoms with Crippen LogP contribution in [0.2, 0.25) is 0 Å². The first-order valence-corrected chi connectivity index (χ1v) is 5.83. The first-order chi connectivity index (χ1) is 7.99. The van der Waals surface area contributed by atoms with E-state index in [9.17, 15) is 9.59 Å². The summed E-state index contributed by atoms with van der Waals surface area (Å²) in [5, 5.41) is 9.04. The number of carbonyl (C=O) groups is 2. The Hall–Kier alpha value is -1.30. The van der Waals surface area contributed by atoms with E-state index in [1.54, 1.807) is 11.9 Å². The van der Waals surface area contributed by atoms with Crippen molar-refractivity contribution in [3.63, 3.8) is 0 Å². The summed E-state index contributed by atoms with van der Waals surface area (Å²) >= 11 is 0. The highest BCUT2D eigenvalue weighted by molar-refractivity contribution is 5.83. The Balaban J connectivity index is 2.74. The van der Waals surface area contributed by atoms with E-state index >= 15 is 0 Å². The number of nitrogens with zero attached hydrogens (tertiary/aromatic N) is 2. The molecule has 17 heavy (non-hydrogen) atoms. The Morgan fingerprint density at radius 2 is 2.24 bits per heavy atom. The lowest BCUT2D eigenvalue weighted by Crippen LogP contribution is -2.57. The molecule has 0 radical (unpaired) electrons. The summed E-state index contributed by atoms with van der Waals surface area (Å²) in [5.74, 6) is -1.02. The van der Waals surface area contributed by atoms with Crippen LogP contribution in [-0.4, -0.2) is 65.8 Å². The molecule has 2 amide bonds. The number of rotatable bonds is 3. The largest absolute Gasteiger partial charge is 0.480 e. The number of morpholine rings is 1. The first-order valence-electron chi connectivity index (χ1n) is 5.83. The maximum Gasteiger partial charge on any atom is 0.328 e. The maximum atomic E-state index is 12.1. The van der Waals surface area contributed by atoms with Gasteiger partial charge in [0, 0.05) is 19.6 Å². The van der Waals surface area contributed by atoms with Crippen molar-refractivity contribution >= 4 is 12.0 Å². The Labute approximate surface area is 101 Å². The van der Waals surface area contributed by atoms with Crippen molar-refractivity contribution in [3.05, 3.63) is 0 Å². The van der Waals surface area contributed by atoms with E-state index in [1.807, 2.05) is 13.8 Å². The molecular weight excluding hydrogens is 224 g/mol. The topological polar surface area (TPSA) is 70.1 Å². The van der Waals surface area contributed by atoms with Crippen LogP contribution in [0.1, 0.15) is 20.3 Å². The molecule has 1 heterocycles. The van der Waals surface area contributed by atoms with E-state index in [0.29, 0.717) is 13.2 Å². The molecule has 1 saturated heterocycles. The molecule has 0 aromatic carbocycles. The van der Waals surface area contributed by atoms with Gasteiger partial charge in [-0.2, -0.15) is 0 Å². The van der Waals surface area contributed by atoms with Crippen LogP contribution < -0.4 is 0 Å². The molecular formula is C11H20N2O4. The predicted octanol–water partition coefficient (Wildman–Crippen LogP) is 0.622. The lowest BCUT2D eigenvalue weighted by atomic mass is 10.2. The van der Waals surface area contributed by atoms with Crippen LogP contribution in [-0.2, 0) is 9.53 Å². The van der Waals surface area contributed by atoms with Gasteiger partial charge in [-0.15, -0.1) is 0 Å². The molecule has 0 spiro atoms. The second-order valence-corrected chi connectivity index (χ2v) is 4.27. The van der Waals surface area contributed by atoms with Gasteiger partial charge in [0.25, 0.3) is 0 Å². The molecule has 2 atom stereocenters. The maximum absolute atomic E-state index is 12.1. The highest BCUT2D eigenvalue weighted by Crippen LogP contribution is 2.12. The summed E-state index contributed by atoms with van der Waals surface area (Å²) < 4.78 is 5.10. The summed E-state index contributed by atoms with van der Waals surface area (Å²) in [4.78, 5) is 26.1. The van der Waals surface area contributed by atoms with Gasteiger partial charge in [-0.3, -0.25) is 0 Å². The molecule has 98 valence electrons. The minimum absolute atomic E-state index is 0.0649. The van der Waals surface area contributed by atoms with Gasteiger partial charge in [0.15, 0.2) is 6.04 Å². The minimum atomic E-state index is -1.02. The van der Waals surface area contributed by atoms with Gasteiger partial charge < -0.3 is 19.6 Å². The quantitative estimate of drug-likeness (QED) is 0.790. The summed E-state index contributed by atoms with van der Waals surface area (Å²) in [6.45, 7) is 4.71. The fourth-order valence-corrected chi connectivity index (χ4v) is 1.70. The molecule has 1 rings (SSSR count). The van der Waals surface area contributed by atoms with Crippen LogP contribution in [0, 0.1) is 0 Å². The monoisotopic (exact) mass is 244 g/mol. The van der Waals surface area contributed by atoms with Crippen LogP contribution in [0.4, 0.5) is 4.79 Å². The summed E-state index contributed by atoms with van der Waals surface area (Å²) in [5.41, 5.74) is 0. The van der Waals surface area contributed by atoms with Crippen molar-refractivity contribution in [2.45, 2.75) is 32.4 Å². The van der Waals surface area contributed by atoms with Crippen molar-refractivity contribution in [2.24, 2.45) is 0 Å². The average molecular weight is 244 g/mol. The van der Waals surface area contributed by atoms with Gasteiger partial charge in [0.1, 0.15) is 0 Å². The van der Waals surface area contributed by atoms with Crippen LogP contribution in [0.25, 0.3) is 0 Å². The number of urea groups is 1. The number of amides is 2. The normalized spacial score (nSPS) is 22.1. The Bertz CT molecular complexity index is 295. The minimum Gasteiger partial charge on any atom is -0.480 e. The van der Waals surface area contributed by atoms with Crippen molar-refractivity contribution < 1.29 is 19.4 Å². The SMILES string of the molecule is CCC(C)N(C)C(=O)N1CCOCC1C(=O)O. The van der Waals surface area contributed by atoms with E-state index in [0.717, 1.165) is 6.42 Å². The molecule has 6 nitrogen and oxygen atoms in total. The number of carboxylic acids is 1. The zero-order valence-electron chi connectivity index (χ0n) is 10.5. The molecule has 1 aliphatic rings. The smallest absolute Gasteiger partial charge is 0.328 e. The molecule has 0 saturated carbocycles. The standard InChI is InChI=1S/C11H20N2O4/c1-4-8(2)12(3)11(16)13-5-6-17-7-9(13)10(14)15/h8-9H,4-7H2,1-3H3,(H,14,15). The highest BCUT2D eigenvalue weighted by Gasteiger charge is 2.34. The number of hydrogen-bond donors (Lipinski definition) is 1. The first kappa shape index (κ1) is 13.8. The van der Waals surface area contributed by atoms with Crippen molar-refractivity contribution in [3.8, 4) is 0 Å². The zero-order valence-corrected chi connectivity index (χ0v) is 10.5. The van der Waals surface area contributed by atoms with E-state index in [4.69, 9.17) is 9.84 Å². The molecule has 2 unspecified atom stereocenters. The van der Waals surface area contributed by atoms with Gasteiger partial charge >= 0.3 is 12.0 Å². The third kappa shape index (κ3) is 3.09. The van der Waals surface area contributed by atoms with Gasteiger partial charge in [0.05, 0.1) is 13.2 Å². The molecule has 0 aromatic rings. The Morgan fingerprint density at radius 3 is 2.76 bits per heavy atom. The molecule has 0 aliphatic carbocycles. The van der Waals surface area contributed by atoms with E-state index in [-0.39, 0.29) is 18.7 Å². The molecule has 1 N–H and O–H groups in total. The van der Waals surface area contributed by atoms with Crippen LogP contribution >= 0.6 is 0 Å². The van der Waals surface area contributed by atoms with Crippen LogP contribution in [0.15, 0.2) is 0 Å². The van der Waals surface area contributed by atoms with Crippen LogP contribution in [0.3, 0.4) is 0 Å². The van der Waals surface area contributed by atoms with E-state index < -0.39 is 12.0 Å². The van der Waals surface area contributed by atoms with Crippen molar-refractivity contribution in [2.75, 3.05) is 26.8 Å². The lowest BCUT2D eigenvalue weighted by molar-refractivity contribution is -0.147. The van der Waals surface area contributed by atoms with E-state index in [1.165, 1.54) is 4.90 Å². The summed E-state index contributed by atoms with van der Waals surface area (Å²) in [7, 11) is 1.70. The second-order valence-electron chi connectivity index (χ2n) is 4.27. The molecule has 6 heteroatoms. The Morgan fingerprint density at radius 1 is 1.59 bits per heavy atom. The zero-order chi connectivity index (χ0) is 13.0. The van der Waals surface area contributed by atoms with Crippen molar-refractivity contribution in [1.82, 2.24) is 9.80 Å². The van der Waals surface area contributed by atoms with Gasteiger partial charge in [-0.1, -0.05) is 6.92 Å². The molecule has 0 aromatic heterocycles. The third-order valence-electron chi connectivity index (χ3n) is 3.21. The molecule has 0 bridgehead atoms. The summed E-state index contributed by atoms with van der Waals surface area (Å²) in [6, 6.07) is -1.02. The fourth-order valence-electron chi connectivity index (χ4n) is 1.70. The second kappa shape index (κ2) is 5.86. The Kier molecular flexibility index (Phi) is 4.74. The molecule has 1 fully saturated rings. The summed E-state index contributed by atoms with van der Waals surface area (Å²) in [6.07, 6.45) is 0.838. The number of carbonyl (C=O) groups excluding carboxylic acids is 1. The van der Waals surface area contributed by atoms with Crippen LogP contribution in [0.5, 0.6) is 0 Å². The van der Waals surface area contributed by atoms with Crippen molar-refractivity contribution in [1.29, 1.82) is 0 Å². The number of hydrogen-bond acceptors (Lipinski definition) is 3. The number of aliphatic carboxylic acids is 1. The van der Waals surface area contributed by atoms with Gasteiger partial charge in [0.2, 0.25) is 0 Å².